The van der Waals surface area contributed by atoms with Gasteiger partial charge in [0.2, 0.25) is 5.91 Å². The summed E-state index contributed by atoms with van der Waals surface area (Å²) in [7, 11) is 0. The van der Waals surface area contributed by atoms with Crippen molar-refractivity contribution in [1.29, 1.82) is 0 Å². The molecule has 0 unspecified atom stereocenters. The van der Waals surface area contributed by atoms with Crippen LogP contribution in [0.1, 0.15) is 80.8 Å². The highest BCUT2D eigenvalue weighted by molar-refractivity contribution is 6.01. The molecule has 1 atom stereocenters. The molecular formula is C23H38N6O3. The van der Waals surface area contributed by atoms with Crippen molar-refractivity contribution in [2.45, 2.75) is 77.9 Å². The van der Waals surface area contributed by atoms with Gasteiger partial charge >= 0.3 is 0 Å². The maximum absolute atomic E-state index is 13.3. The number of aromatic nitrogens is 2. The normalized spacial score (nSPS) is 21.2. The van der Waals surface area contributed by atoms with E-state index >= 15 is 0 Å². The van der Waals surface area contributed by atoms with E-state index in [-0.39, 0.29) is 36.0 Å². The lowest BCUT2D eigenvalue weighted by molar-refractivity contribution is -0.133. The molecule has 3 amide bonds. The van der Waals surface area contributed by atoms with Gasteiger partial charge in [-0.05, 0) is 39.3 Å². The number of rotatable bonds is 10. The van der Waals surface area contributed by atoms with Crippen molar-refractivity contribution >= 4 is 17.7 Å². The van der Waals surface area contributed by atoms with Crippen LogP contribution >= 0.6 is 0 Å². The lowest BCUT2D eigenvalue weighted by atomic mass is 9.94. The number of hydrogen-bond acceptors (Lipinski definition) is 5. The van der Waals surface area contributed by atoms with Crippen molar-refractivity contribution in [2.75, 3.05) is 32.7 Å². The molecule has 32 heavy (non-hydrogen) atoms. The van der Waals surface area contributed by atoms with Gasteiger partial charge in [-0.3, -0.25) is 19.1 Å². The Labute approximate surface area is 190 Å². The molecule has 0 aromatic carbocycles. The average Bonchev–Trinajstić information content (AvgIpc) is 3.44. The Balaban J connectivity index is 1.76. The highest BCUT2D eigenvalue weighted by Gasteiger charge is 2.48. The Morgan fingerprint density at radius 1 is 1.22 bits per heavy atom. The number of carbonyl (C=O) groups is 3. The third-order valence-corrected chi connectivity index (χ3v) is 6.77. The molecule has 9 heteroatoms. The number of likely N-dealkylation sites (N-methyl/N-ethyl adjacent to an activating group) is 1. The summed E-state index contributed by atoms with van der Waals surface area (Å²) < 4.78 is 1.53. The first-order chi connectivity index (χ1) is 15.3. The maximum Gasteiger partial charge on any atom is 0.273 e. The van der Waals surface area contributed by atoms with Crippen molar-refractivity contribution < 1.29 is 14.4 Å². The van der Waals surface area contributed by atoms with Gasteiger partial charge in [-0.25, -0.2) is 0 Å². The van der Waals surface area contributed by atoms with Gasteiger partial charge in [0.25, 0.3) is 11.8 Å². The highest BCUT2D eigenvalue weighted by Crippen LogP contribution is 2.29. The lowest BCUT2D eigenvalue weighted by Crippen LogP contribution is -2.65. The highest BCUT2D eigenvalue weighted by atomic mass is 16.2. The standard InChI is InChI=1S/C23H38N6O3/c1-5-13-28-21(31)19-15-18(20(30)24-12-14-27(6-2)7-3)26-29(19)16-23(28,4)22(32)25-17-10-8-9-11-17/h15,17H,5-14,16H2,1-4H3,(H,24,30)(H,25,32)/t23-/m0/s1. The number of hydrogen-bond donors (Lipinski definition) is 2. The largest absolute Gasteiger partial charge is 0.351 e. The Hall–Kier alpha value is -2.42. The lowest BCUT2D eigenvalue weighted by Gasteiger charge is -2.43. The second-order valence-corrected chi connectivity index (χ2v) is 9.04. The van der Waals surface area contributed by atoms with Crippen LogP contribution in [0.4, 0.5) is 0 Å². The zero-order valence-corrected chi connectivity index (χ0v) is 19.9. The molecule has 9 nitrogen and oxygen atoms in total. The molecule has 0 bridgehead atoms. The van der Waals surface area contributed by atoms with E-state index in [0.29, 0.717) is 18.8 Å². The van der Waals surface area contributed by atoms with Crippen LogP contribution in [0.2, 0.25) is 0 Å². The number of fused-ring (bicyclic) bond motifs is 1. The van der Waals surface area contributed by atoms with Gasteiger partial charge in [-0.15, -0.1) is 0 Å². The second-order valence-electron chi connectivity index (χ2n) is 9.04. The fourth-order valence-corrected chi connectivity index (χ4v) is 4.70. The van der Waals surface area contributed by atoms with Crippen molar-refractivity contribution in [2.24, 2.45) is 0 Å². The third kappa shape index (κ3) is 4.98. The molecule has 1 aliphatic carbocycles. The second kappa shape index (κ2) is 10.5. The molecule has 178 valence electrons. The quantitative estimate of drug-likeness (QED) is 0.569. The zero-order valence-electron chi connectivity index (χ0n) is 19.9. The summed E-state index contributed by atoms with van der Waals surface area (Å²) in [5.41, 5.74) is -0.464. The van der Waals surface area contributed by atoms with E-state index in [1.807, 2.05) is 6.92 Å². The zero-order chi connectivity index (χ0) is 23.3. The monoisotopic (exact) mass is 446 g/mol. The summed E-state index contributed by atoms with van der Waals surface area (Å²) in [5.74, 6) is -0.694. The third-order valence-electron chi connectivity index (χ3n) is 6.77. The number of nitrogens with one attached hydrogen (secondary N) is 2. The molecular weight excluding hydrogens is 408 g/mol. The SMILES string of the molecule is CCCN1C(=O)c2cc(C(=O)NCCN(CC)CC)nn2C[C@@]1(C)C(=O)NC1CCCC1. The molecule has 0 radical (unpaired) electrons. The minimum atomic E-state index is -1.04. The van der Waals surface area contributed by atoms with E-state index in [1.54, 1.807) is 17.9 Å². The van der Waals surface area contributed by atoms with Gasteiger partial charge in [-0.2, -0.15) is 5.10 Å². The first-order valence-electron chi connectivity index (χ1n) is 12.0. The van der Waals surface area contributed by atoms with E-state index in [2.05, 4.69) is 34.5 Å². The van der Waals surface area contributed by atoms with Crippen LogP contribution in [0.5, 0.6) is 0 Å². The van der Waals surface area contributed by atoms with Crippen LogP contribution in [0, 0.1) is 0 Å². The van der Waals surface area contributed by atoms with E-state index < -0.39 is 5.54 Å². The van der Waals surface area contributed by atoms with Gasteiger partial charge < -0.3 is 20.4 Å². The molecule has 2 heterocycles. The van der Waals surface area contributed by atoms with Crippen molar-refractivity contribution in [3.05, 3.63) is 17.5 Å². The predicted molar refractivity (Wildman–Crippen MR) is 122 cm³/mol. The van der Waals surface area contributed by atoms with Crippen LogP contribution in [-0.2, 0) is 11.3 Å². The molecule has 1 aromatic heterocycles. The van der Waals surface area contributed by atoms with E-state index in [1.165, 1.54) is 4.68 Å². The van der Waals surface area contributed by atoms with Gasteiger partial charge in [0.1, 0.15) is 11.2 Å². The first kappa shape index (κ1) is 24.2. The number of carbonyl (C=O) groups excluding carboxylic acids is 3. The van der Waals surface area contributed by atoms with E-state index in [4.69, 9.17) is 0 Å². The molecule has 1 fully saturated rings. The summed E-state index contributed by atoms with van der Waals surface area (Å²) in [6.45, 7) is 11.8. The number of amides is 3. The minimum absolute atomic E-state index is 0.141. The topological polar surface area (TPSA) is 99.6 Å². The van der Waals surface area contributed by atoms with Crippen LogP contribution in [0.3, 0.4) is 0 Å². The molecule has 0 spiro atoms. The van der Waals surface area contributed by atoms with Crippen LogP contribution < -0.4 is 10.6 Å². The molecule has 1 aromatic rings. The number of nitrogens with zero attached hydrogens (tertiary/aromatic N) is 4. The summed E-state index contributed by atoms with van der Waals surface area (Å²) in [4.78, 5) is 43.1. The fourth-order valence-electron chi connectivity index (χ4n) is 4.70. The fraction of sp³-hybridized carbons (Fsp3) is 0.739. The molecule has 2 N–H and O–H groups in total. The van der Waals surface area contributed by atoms with Crippen molar-refractivity contribution in [3.8, 4) is 0 Å². The summed E-state index contributed by atoms with van der Waals surface area (Å²) in [6.07, 6.45) is 4.94. The smallest absolute Gasteiger partial charge is 0.273 e. The maximum atomic E-state index is 13.3. The molecule has 1 saturated carbocycles. The van der Waals surface area contributed by atoms with Crippen LogP contribution in [0.15, 0.2) is 6.07 Å². The Bertz CT molecular complexity index is 828. The Kier molecular flexibility index (Phi) is 7.92. The average molecular weight is 447 g/mol. The minimum Gasteiger partial charge on any atom is -0.351 e. The Morgan fingerprint density at radius 2 is 1.91 bits per heavy atom. The van der Waals surface area contributed by atoms with Crippen LogP contribution in [0.25, 0.3) is 0 Å². The summed E-state index contributed by atoms with van der Waals surface area (Å²) in [5, 5.41) is 10.4. The van der Waals surface area contributed by atoms with E-state index in [9.17, 15) is 14.4 Å². The summed E-state index contributed by atoms with van der Waals surface area (Å²) >= 11 is 0. The Morgan fingerprint density at radius 3 is 2.53 bits per heavy atom. The van der Waals surface area contributed by atoms with Gasteiger partial charge in [-0.1, -0.05) is 33.6 Å². The molecule has 3 rings (SSSR count). The van der Waals surface area contributed by atoms with E-state index in [0.717, 1.165) is 51.7 Å². The van der Waals surface area contributed by atoms with Gasteiger partial charge in [0.05, 0.1) is 6.54 Å². The van der Waals surface area contributed by atoms with Crippen molar-refractivity contribution in [3.63, 3.8) is 0 Å². The molecule has 1 aliphatic heterocycles. The van der Waals surface area contributed by atoms with Gasteiger partial charge in [0.15, 0.2) is 5.69 Å². The van der Waals surface area contributed by atoms with Crippen molar-refractivity contribution in [1.82, 2.24) is 30.2 Å². The predicted octanol–water partition coefficient (Wildman–Crippen LogP) is 1.64. The van der Waals surface area contributed by atoms with Gasteiger partial charge in [0, 0.05) is 31.7 Å². The summed E-state index contributed by atoms with van der Waals surface area (Å²) in [6, 6.07) is 1.72. The molecule has 0 saturated heterocycles. The van der Waals surface area contributed by atoms with Crippen LogP contribution in [-0.4, -0.2) is 81.6 Å². The molecule has 2 aliphatic rings. The first-order valence-corrected chi connectivity index (χ1v) is 12.0.